The molecule has 174 valence electrons. The summed E-state index contributed by atoms with van der Waals surface area (Å²) in [5.41, 5.74) is 2.62. The van der Waals surface area contributed by atoms with Gasteiger partial charge < -0.3 is 19.1 Å². The number of hydrogen-bond donors (Lipinski definition) is 0. The molecule has 0 N–H and O–H groups in total. The fourth-order valence-electron chi connectivity index (χ4n) is 3.89. The number of amides is 1. The summed E-state index contributed by atoms with van der Waals surface area (Å²) in [4.78, 5) is 21.7. The van der Waals surface area contributed by atoms with Gasteiger partial charge in [0, 0.05) is 49.2 Å². The van der Waals surface area contributed by atoms with Crippen molar-refractivity contribution in [2.24, 2.45) is 0 Å². The molecule has 2 aromatic carbocycles. The van der Waals surface area contributed by atoms with Crippen LogP contribution in [0.25, 0.3) is 0 Å². The van der Waals surface area contributed by atoms with Crippen molar-refractivity contribution in [3.05, 3.63) is 69.7 Å². The van der Waals surface area contributed by atoms with Gasteiger partial charge in [0.2, 0.25) is 0 Å². The number of ether oxygens (including phenoxy) is 3. The second kappa shape index (κ2) is 10.7. The summed E-state index contributed by atoms with van der Waals surface area (Å²) in [5, 5.41) is 3.01. The highest BCUT2D eigenvalue weighted by Crippen LogP contribution is 2.26. The Morgan fingerprint density at radius 1 is 1.03 bits per heavy atom. The van der Waals surface area contributed by atoms with E-state index in [1.807, 2.05) is 59.7 Å². The third-order valence-corrected chi connectivity index (χ3v) is 6.50. The summed E-state index contributed by atoms with van der Waals surface area (Å²) in [6.45, 7) is 6.07. The minimum absolute atomic E-state index is 0.0311. The second-order valence-corrected chi connectivity index (χ2v) is 8.98. The smallest absolute Gasteiger partial charge is 0.254 e. The molecule has 1 amide bonds. The monoisotopic (exact) mass is 467 g/mol. The van der Waals surface area contributed by atoms with Crippen molar-refractivity contribution in [1.29, 1.82) is 0 Å². The molecule has 0 spiro atoms. The number of methoxy groups -OCH3 is 2. The molecule has 1 fully saturated rings. The first-order valence-corrected chi connectivity index (χ1v) is 11.8. The number of aromatic nitrogens is 1. The lowest BCUT2D eigenvalue weighted by molar-refractivity contribution is 0.0627. The Balaban J connectivity index is 1.33. The van der Waals surface area contributed by atoms with Crippen LogP contribution in [0.15, 0.2) is 47.8 Å². The highest BCUT2D eigenvalue weighted by atomic mass is 32.1. The molecule has 1 aliphatic heterocycles. The van der Waals surface area contributed by atoms with Crippen molar-refractivity contribution in [2.75, 3.05) is 40.4 Å². The zero-order valence-electron chi connectivity index (χ0n) is 19.2. The van der Waals surface area contributed by atoms with E-state index in [4.69, 9.17) is 14.2 Å². The van der Waals surface area contributed by atoms with E-state index in [9.17, 15) is 4.79 Å². The number of piperazine rings is 1. The highest BCUT2D eigenvalue weighted by Gasteiger charge is 2.23. The van der Waals surface area contributed by atoms with Crippen LogP contribution in [0.5, 0.6) is 17.2 Å². The van der Waals surface area contributed by atoms with Gasteiger partial charge in [-0.3, -0.25) is 9.69 Å². The molecule has 0 saturated carbocycles. The van der Waals surface area contributed by atoms with Crippen molar-refractivity contribution in [3.63, 3.8) is 0 Å². The number of aryl methyl sites for hydroxylation is 1. The SMILES string of the molecule is COc1ccc(OC)c(CN2CCN(C(=O)c3cccc(OCc4csc(C)n4)c3)CC2)c1. The molecule has 3 aromatic rings. The first-order valence-electron chi connectivity index (χ1n) is 10.9. The first kappa shape index (κ1) is 23.1. The number of hydrogen-bond acceptors (Lipinski definition) is 7. The summed E-state index contributed by atoms with van der Waals surface area (Å²) in [6, 6.07) is 13.2. The number of carbonyl (C=O) groups is 1. The third-order valence-electron chi connectivity index (χ3n) is 5.68. The normalized spacial score (nSPS) is 14.2. The van der Waals surface area contributed by atoms with Gasteiger partial charge in [0.15, 0.2) is 0 Å². The molecule has 0 unspecified atom stereocenters. The zero-order valence-corrected chi connectivity index (χ0v) is 20.1. The van der Waals surface area contributed by atoms with Crippen LogP contribution in [-0.4, -0.2) is 61.1 Å². The van der Waals surface area contributed by atoms with Crippen molar-refractivity contribution < 1.29 is 19.0 Å². The molecule has 0 bridgehead atoms. The molecule has 33 heavy (non-hydrogen) atoms. The van der Waals surface area contributed by atoms with Gasteiger partial charge in [0.25, 0.3) is 5.91 Å². The second-order valence-electron chi connectivity index (χ2n) is 7.92. The number of benzene rings is 2. The van der Waals surface area contributed by atoms with E-state index in [1.165, 1.54) is 0 Å². The van der Waals surface area contributed by atoms with Gasteiger partial charge in [-0.15, -0.1) is 11.3 Å². The average Bonchev–Trinajstić information content (AvgIpc) is 3.28. The van der Waals surface area contributed by atoms with Gasteiger partial charge in [0.1, 0.15) is 23.9 Å². The lowest BCUT2D eigenvalue weighted by Crippen LogP contribution is -2.48. The van der Waals surface area contributed by atoms with Crippen LogP contribution in [0.1, 0.15) is 26.6 Å². The summed E-state index contributed by atoms with van der Waals surface area (Å²) in [7, 11) is 3.34. The Labute approximate surface area is 198 Å². The van der Waals surface area contributed by atoms with Gasteiger partial charge in [-0.05, 0) is 43.3 Å². The summed E-state index contributed by atoms with van der Waals surface area (Å²) >= 11 is 1.60. The molecule has 0 radical (unpaired) electrons. The van der Waals surface area contributed by atoms with E-state index in [-0.39, 0.29) is 5.91 Å². The topological polar surface area (TPSA) is 64.1 Å². The molecule has 0 atom stereocenters. The van der Waals surface area contributed by atoms with E-state index in [1.54, 1.807) is 25.6 Å². The van der Waals surface area contributed by atoms with Gasteiger partial charge >= 0.3 is 0 Å². The van der Waals surface area contributed by atoms with Crippen molar-refractivity contribution in [3.8, 4) is 17.2 Å². The zero-order chi connectivity index (χ0) is 23.2. The Morgan fingerprint density at radius 2 is 1.85 bits per heavy atom. The Bertz CT molecular complexity index is 1090. The minimum Gasteiger partial charge on any atom is -0.497 e. The molecule has 2 heterocycles. The van der Waals surface area contributed by atoms with Crippen LogP contribution >= 0.6 is 11.3 Å². The van der Waals surface area contributed by atoms with Gasteiger partial charge in [-0.25, -0.2) is 4.98 Å². The standard InChI is InChI=1S/C25H29N3O4S/c1-18-26-21(17-33-18)16-32-23-6-4-5-19(13-23)25(29)28-11-9-27(10-12-28)15-20-14-22(30-2)7-8-24(20)31-3/h4-8,13-14,17H,9-12,15-16H2,1-3H3. The Kier molecular flexibility index (Phi) is 7.47. The highest BCUT2D eigenvalue weighted by molar-refractivity contribution is 7.09. The maximum Gasteiger partial charge on any atom is 0.254 e. The maximum atomic E-state index is 13.1. The predicted molar refractivity (Wildman–Crippen MR) is 128 cm³/mol. The first-order chi connectivity index (χ1) is 16.1. The molecule has 4 rings (SSSR count). The molecule has 1 aromatic heterocycles. The van der Waals surface area contributed by atoms with E-state index in [0.717, 1.165) is 47.4 Å². The van der Waals surface area contributed by atoms with Crippen LogP contribution < -0.4 is 14.2 Å². The Hall–Kier alpha value is -3.10. The lowest BCUT2D eigenvalue weighted by atomic mass is 10.1. The van der Waals surface area contributed by atoms with E-state index in [0.29, 0.717) is 31.0 Å². The molecular weight excluding hydrogens is 438 g/mol. The third kappa shape index (κ3) is 5.83. The van der Waals surface area contributed by atoms with Crippen LogP contribution in [0.2, 0.25) is 0 Å². The van der Waals surface area contributed by atoms with Crippen LogP contribution in [0, 0.1) is 6.92 Å². The largest absolute Gasteiger partial charge is 0.497 e. The van der Waals surface area contributed by atoms with Crippen LogP contribution in [0.4, 0.5) is 0 Å². The van der Waals surface area contributed by atoms with Crippen LogP contribution in [0.3, 0.4) is 0 Å². The summed E-state index contributed by atoms with van der Waals surface area (Å²) in [5.74, 6) is 2.37. The lowest BCUT2D eigenvalue weighted by Gasteiger charge is -2.35. The molecule has 8 heteroatoms. The number of nitrogens with zero attached hydrogens (tertiary/aromatic N) is 3. The number of thiazole rings is 1. The van der Waals surface area contributed by atoms with Crippen molar-refractivity contribution in [2.45, 2.75) is 20.1 Å². The fourth-order valence-corrected chi connectivity index (χ4v) is 4.49. The molecule has 1 saturated heterocycles. The van der Waals surface area contributed by atoms with E-state index in [2.05, 4.69) is 9.88 Å². The maximum absolute atomic E-state index is 13.1. The molecular formula is C25H29N3O4S. The molecule has 7 nitrogen and oxygen atoms in total. The van der Waals surface area contributed by atoms with E-state index >= 15 is 0 Å². The summed E-state index contributed by atoms with van der Waals surface area (Å²) < 4.78 is 16.7. The van der Waals surface area contributed by atoms with Gasteiger partial charge in [-0.2, -0.15) is 0 Å². The van der Waals surface area contributed by atoms with Crippen molar-refractivity contribution in [1.82, 2.24) is 14.8 Å². The van der Waals surface area contributed by atoms with E-state index < -0.39 is 0 Å². The molecule has 0 aliphatic carbocycles. The predicted octanol–water partition coefficient (Wildman–Crippen LogP) is 4.01. The number of rotatable bonds is 8. The minimum atomic E-state index is 0.0311. The van der Waals surface area contributed by atoms with Crippen LogP contribution in [-0.2, 0) is 13.2 Å². The summed E-state index contributed by atoms with van der Waals surface area (Å²) in [6.07, 6.45) is 0. The Morgan fingerprint density at radius 3 is 2.55 bits per heavy atom. The number of carbonyl (C=O) groups excluding carboxylic acids is 1. The fraction of sp³-hybridized carbons (Fsp3) is 0.360. The molecule has 1 aliphatic rings. The quantitative estimate of drug-likeness (QED) is 0.499. The average molecular weight is 468 g/mol. The van der Waals surface area contributed by atoms with Gasteiger partial charge in [0.05, 0.1) is 24.9 Å². The van der Waals surface area contributed by atoms with Crippen molar-refractivity contribution >= 4 is 17.2 Å². The van der Waals surface area contributed by atoms with Gasteiger partial charge in [-0.1, -0.05) is 6.07 Å².